The molecule has 0 aliphatic heterocycles. The van der Waals surface area contributed by atoms with Gasteiger partial charge in [0, 0.05) is 18.2 Å². The van der Waals surface area contributed by atoms with Crippen LogP contribution in [0.4, 0.5) is 8.78 Å². The van der Waals surface area contributed by atoms with Crippen LogP contribution in [0.25, 0.3) is 0 Å². The van der Waals surface area contributed by atoms with E-state index >= 15 is 0 Å². The maximum Gasteiger partial charge on any atom is 0.224 e. The van der Waals surface area contributed by atoms with Gasteiger partial charge in [-0.1, -0.05) is 6.07 Å². The summed E-state index contributed by atoms with van der Waals surface area (Å²) in [7, 11) is 0. The maximum absolute atomic E-state index is 13.2. The minimum Gasteiger partial charge on any atom is -0.356 e. The molecular weight excluding hydrogens is 226 g/mol. The van der Waals surface area contributed by atoms with Gasteiger partial charge in [-0.15, -0.1) is 0 Å². The third-order valence-electron chi connectivity index (χ3n) is 2.32. The molecule has 0 aliphatic carbocycles. The summed E-state index contributed by atoms with van der Waals surface area (Å²) in [5.74, 6) is -1.81. The molecule has 0 saturated heterocycles. The quantitative estimate of drug-likeness (QED) is 0.819. The van der Waals surface area contributed by atoms with Crippen LogP contribution < -0.4 is 11.1 Å². The van der Waals surface area contributed by atoms with Gasteiger partial charge in [-0.05, 0) is 25.5 Å². The van der Waals surface area contributed by atoms with Gasteiger partial charge in [-0.2, -0.15) is 0 Å². The zero-order valence-electron chi connectivity index (χ0n) is 9.67. The molecule has 0 aliphatic rings. The van der Waals surface area contributed by atoms with Gasteiger partial charge in [0.1, 0.15) is 11.6 Å². The second-order valence-corrected chi connectivity index (χ2v) is 3.99. The SMILES string of the molecule is CC(N)CCNC(=O)Cc1c(F)cccc1F. The molecule has 1 atom stereocenters. The number of nitrogens with one attached hydrogen (secondary N) is 1. The molecule has 5 heteroatoms. The van der Waals surface area contributed by atoms with E-state index in [4.69, 9.17) is 5.73 Å². The first kappa shape index (κ1) is 13.6. The molecule has 0 fully saturated rings. The summed E-state index contributed by atoms with van der Waals surface area (Å²) in [6, 6.07) is 3.52. The summed E-state index contributed by atoms with van der Waals surface area (Å²) >= 11 is 0. The number of hydrogen-bond acceptors (Lipinski definition) is 2. The summed E-state index contributed by atoms with van der Waals surface area (Å²) in [5, 5.41) is 2.56. The van der Waals surface area contributed by atoms with Crippen LogP contribution >= 0.6 is 0 Å². The molecule has 1 rings (SSSR count). The van der Waals surface area contributed by atoms with Crippen LogP contribution in [0.2, 0.25) is 0 Å². The largest absolute Gasteiger partial charge is 0.356 e. The van der Waals surface area contributed by atoms with Gasteiger partial charge < -0.3 is 11.1 Å². The van der Waals surface area contributed by atoms with Crippen molar-refractivity contribution in [2.24, 2.45) is 5.73 Å². The number of nitrogens with two attached hydrogens (primary N) is 1. The molecule has 0 aromatic heterocycles. The molecular formula is C12H16F2N2O. The summed E-state index contributed by atoms with van der Waals surface area (Å²) in [6.45, 7) is 2.23. The fourth-order valence-corrected chi connectivity index (χ4v) is 1.36. The lowest BCUT2D eigenvalue weighted by atomic mass is 10.1. The van der Waals surface area contributed by atoms with Crippen molar-refractivity contribution < 1.29 is 13.6 Å². The molecule has 3 nitrogen and oxygen atoms in total. The molecule has 0 heterocycles. The van der Waals surface area contributed by atoms with E-state index in [0.717, 1.165) is 12.1 Å². The number of halogens is 2. The van der Waals surface area contributed by atoms with Crippen molar-refractivity contribution in [1.82, 2.24) is 5.32 Å². The van der Waals surface area contributed by atoms with E-state index in [2.05, 4.69) is 5.32 Å². The Morgan fingerprint density at radius 3 is 2.53 bits per heavy atom. The van der Waals surface area contributed by atoms with Crippen LogP contribution in [0.5, 0.6) is 0 Å². The Labute approximate surface area is 99.0 Å². The van der Waals surface area contributed by atoms with Gasteiger partial charge in [-0.3, -0.25) is 4.79 Å². The molecule has 0 saturated carbocycles. The van der Waals surface area contributed by atoms with Crippen LogP contribution in [-0.4, -0.2) is 18.5 Å². The molecule has 1 aromatic rings. The van der Waals surface area contributed by atoms with Gasteiger partial charge in [-0.25, -0.2) is 8.78 Å². The number of benzene rings is 1. The Bertz CT molecular complexity index is 374. The van der Waals surface area contributed by atoms with Crippen molar-refractivity contribution in [1.29, 1.82) is 0 Å². The van der Waals surface area contributed by atoms with Crippen LogP contribution in [0.3, 0.4) is 0 Å². The molecule has 0 bridgehead atoms. The minimum atomic E-state index is -0.702. The molecule has 1 amide bonds. The maximum atomic E-state index is 13.2. The van der Waals surface area contributed by atoms with E-state index in [1.165, 1.54) is 6.07 Å². The lowest BCUT2D eigenvalue weighted by molar-refractivity contribution is -0.120. The average Bonchev–Trinajstić information content (AvgIpc) is 2.23. The summed E-state index contributed by atoms with van der Waals surface area (Å²) in [4.78, 5) is 11.4. The van der Waals surface area contributed by atoms with Crippen molar-refractivity contribution in [3.63, 3.8) is 0 Å². The number of hydrogen-bond donors (Lipinski definition) is 2. The van der Waals surface area contributed by atoms with Gasteiger partial charge in [0.15, 0.2) is 0 Å². The molecule has 0 radical (unpaired) electrons. The topological polar surface area (TPSA) is 55.1 Å². The number of carbonyl (C=O) groups excluding carboxylic acids is 1. The van der Waals surface area contributed by atoms with Crippen LogP contribution in [-0.2, 0) is 11.2 Å². The summed E-state index contributed by atoms with van der Waals surface area (Å²) in [6.07, 6.45) is 0.336. The Hall–Kier alpha value is -1.49. The number of amides is 1. The third-order valence-corrected chi connectivity index (χ3v) is 2.32. The average molecular weight is 242 g/mol. The van der Waals surface area contributed by atoms with E-state index in [1.54, 1.807) is 0 Å². The predicted molar refractivity (Wildman–Crippen MR) is 61.3 cm³/mol. The Balaban J connectivity index is 2.51. The summed E-state index contributed by atoms with van der Waals surface area (Å²) in [5.41, 5.74) is 5.31. The molecule has 0 spiro atoms. The van der Waals surface area contributed by atoms with E-state index in [9.17, 15) is 13.6 Å². The smallest absolute Gasteiger partial charge is 0.224 e. The van der Waals surface area contributed by atoms with E-state index in [-0.39, 0.29) is 18.0 Å². The van der Waals surface area contributed by atoms with Crippen LogP contribution in [0.1, 0.15) is 18.9 Å². The zero-order chi connectivity index (χ0) is 12.8. The van der Waals surface area contributed by atoms with E-state index in [1.807, 2.05) is 6.92 Å². The second kappa shape index (κ2) is 6.30. The molecule has 17 heavy (non-hydrogen) atoms. The lowest BCUT2D eigenvalue weighted by Gasteiger charge is -2.08. The summed E-state index contributed by atoms with van der Waals surface area (Å²) < 4.78 is 26.4. The van der Waals surface area contributed by atoms with Gasteiger partial charge in [0.05, 0.1) is 6.42 Å². The van der Waals surface area contributed by atoms with Crippen molar-refractivity contribution >= 4 is 5.91 Å². The first-order chi connectivity index (χ1) is 8.00. The highest BCUT2D eigenvalue weighted by atomic mass is 19.1. The normalized spacial score (nSPS) is 12.2. The molecule has 1 aromatic carbocycles. The van der Waals surface area contributed by atoms with Crippen LogP contribution in [0.15, 0.2) is 18.2 Å². The third kappa shape index (κ3) is 4.48. The van der Waals surface area contributed by atoms with E-state index < -0.39 is 17.5 Å². The lowest BCUT2D eigenvalue weighted by Crippen LogP contribution is -2.30. The highest BCUT2D eigenvalue weighted by molar-refractivity contribution is 5.78. The van der Waals surface area contributed by atoms with Crippen molar-refractivity contribution in [2.45, 2.75) is 25.8 Å². The standard InChI is InChI=1S/C12H16F2N2O/c1-8(15)5-6-16-12(17)7-9-10(13)3-2-4-11(9)14/h2-4,8H,5-7,15H2,1H3,(H,16,17). The Kier molecular flexibility index (Phi) is 5.03. The zero-order valence-corrected chi connectivity index (χ0v) is 9.67. The van der Waals surface area contributed by atoms with Crippen LogP contribution in [0, 0.1) is 11.6 Å². The second-order valence-electron chi connectivity index (χ2n) is 3.99. The molecule has 1 unspecified atom stereocenters. The highest BCUT2D eigenvalue weighted by Crippen LogP contribution is 2.12. The fraction of sp³-hybridized carbons (Fsp3) is 0.417. The van der Waals surface area contributed by atoms with Crippen molar-refractivity contribution in [3.8, 4) is 0 Å². The van der Waals surface area contributed by atoms with Crippen molar-refractivity contribution in [2.75, 3.05) is 6.54 Å². The number of carbonyl (C=O) groups is 1. The van der Waals surface area contributed by atoms with Gasteiger partial charge >= 0.3 is 0 Å². The van der Waals surface area contributed by atoms with Gasteiger partial charge in [0.25, 0.3) is 0 Å². The van der Waals surface area contributed by atoms with Crippen molar-refractivity contribution in [3.05, 3.63) is 35.4 Å². The highest BCUT2D eigenvalue weighted by Gasteiger charge is 2.12. The minimum absolute atomic E-state index is 0.0134. The molecule has 3 N–H and O–H groups in total. The Morgan fingerprint density at radius 2 is 2.00 bits per heavy atom. The van der Waals surface area contributed by atoms with Gasteiger partial charge in [0.2, 0.25) is 5.91 Å². The predicted octanol–water partition coefficient (Wildman–Crippen LogP) is 1.36. The Morgan fingerprint density at radius 1 is 1.41 bits per heavy atom. The first-order valence-corrected chi connectivity index (χ1v) is 5.46. The molecule has 94 valence electrons. The fourth-order valence-electron chi connectivity index (χ4n) is 1.36. The monoisotopic (exact) mass is 242 g/mol. The van der Waals surface area contributed by atoms with E-state index in [0.29, 0.717) is 13.0 Å². The first-order valence-electron chi connectivity index (χ1n) is 5.46. The number of rotatable bonds is 5.